The van der Waals surface area contributed by atoms with Crippen LogP contribution >= 0.6 is 23.2 Å². The first-order valence-corrected chi connectivity index (χ1v) is 10.9. The Morgan fingerprint density at radius 3 is 2.09 bits per heavy atom. The number of rotatable bonds is 2. The highest BCUT2D eigenvalue weighted by Crippen LogP contribution is 2.44. The molecule has 0 unspecified atom stereocenters. The van der Waals surface area contributed by atoms with Crippen molar-refractivity contribution in [1.29, 1.82) is 0 Å². The second-order valence-corrected chi connectivity index (χ2v) is 8.83. The molecule has 2 aliphatic rings. The van der Waals surface area contributed by atoms with Gasteiger partial charge in [0.15, 0.2) is 0 Å². The van der Waals surface area contributed by atoms with Gasteiger partial charge in [-0.25, -0.2) is 0 Å². The first kappa shape index (κ1) is 20.8. The topological polar surface area (TPSA) is 48.4 Å². The molecule has 1 amide bonds. The van der Waals surface area contributed by atoms with E-state index in [1.807, 2.05) is 29.3 Å². The number of nitrogens with zero attached hydrogens (tertiary/aromatic N) is 4. The molecule has 0 aromatic heterocycles. The number of hydrazine groups is 2. The van der Waals surface area contributed by atoms with E-state index in [0.717, 1.165) is 22.4 Å². The number of amides is 1. The number of benzene rings is 3. The van der Waals surface area contributed by atoms with E-state index in [9.17, 15) is 4.79 Å². The van der Waals surface area contributed by atoms with E-state index >= 15 is 0 Å². The summed E-state index contributed by atoms with van der Waals surface area (Å²) in [6.07, 6.45) is 0. The molecule has 0 bridgehead atoms. The maximum absolute atomic E-state index is 13.6. The van der Waals surface area contributed by atoms with E-state index in [1.165, 1.54) is 21.4 Å². The number of halogens is 2. The lowest BCUT2D eigenvalue weighted by Crippen LogP contribution is -2.49. The standard InChI is InChI=1S/C24H20Cl2N4O2/c1-13-9-14(2)16(4)22(15(13)3)23-27-32-30-28(23)20-7-5-6-8-21(20)29(30)24(31)17-10-18(25)12-19(26)11-17/h5-12H,1-4H3. The minimum Gasteiger partial charge on any atom is -0.267 e. The monoisotopic (exact) mass is 466 g/mol. The van der Waals surface area contributed by atoms with Crippen LogP contribution < -0.4 is 10.0 Å². The van der Waals surface area contributed by atoms with Gasteiger partial charge in [0, 0.05) is 21.2 Å². The lowest BCUT2D eigenvalue weighted by molar-refractivity contribution is -0.135. The van der Waals surface area contributed by atoms with E-state index in [-0.39, 0.29) is 5.91 Å². The molecule has 0 radical (unpaired) electrons. The fourth-order valence-electron chi connectivity index (χ4n) is 4.17. The molecule has 6 nitrogen and oxygen atoms in total. The number of carbonyl (C=O) groups excluding carboxylic acids is 1. The Hall–Kier alpha value is -3.06. The van der Waals surface area contributed by atoms with E-state index in [2.05, 4.69) is 38.9 Å². The van der Waals surface area contributed by atoms with E-state index in [0.29, 0.717) is 27.1 Å². The zero-order valence-electron chi connectivity index (χ0n) is 18.0. The van der Waals surface area contributed by atoms with Gasteiger partial charge in [0.1, 0.15) is 0 Å². The van der Waals surface area contributed by atoms with Gasteiger partial charge < -0.3 is 0 Å². The number of fused-ring (bicyclic) bond motifs is 3. The van der Waals surface area contributed by atoms with Gasteiger partial charge in [-0.1, -0.05) is 41.4 Å². The summed E-state index contributed by atoms with van der Waals surface area (Å²) in [5.41, 5.74) is 7.33. The summed E-state index contributed by atoms with van der Waals surface area (Å²) in [5.74, 6) is 0.286. The Bertz CT molecular complexity index is 1280. The van der Waals surface area contributed by atoms with Crippen LogP contribution in [0.25, 0.3) is 0 Å². The first-order chi connectivity index (χ1) is 15.3. The van der Waals surface area contributed by atoms with Crippen molar-refractivity contribution in [2.75, 3.05) is 10.0 Å². The Balaban J connectivity index is 1.63. The molecule has 8 heteroatoms. The lowest BCUT2D eigenvalue weighted by atomic mass is 9.93. The third-order valence-corrected chi connectivity index (χ3v) is 6.41. The van der Waals surface area contributed by atoms with Crippen molar-refractivity contribution < 1.29 is 9.73 Å². The first-order valence-electron chi connectivity index (χ1n) is 10.1. The van der Waals surface area contributed by atoms with Crippen molar-refractivity contribution in [1.82, 2.24) is 5.28 Å². The van der Waals surface area contributed by atoms with Crippen LogP contribution in [0.15, 0.2) is 53.7 Å². The van der Waals surface area contributed by atoms with E-state index in [1.54, 1.807) is 18.2 Å². The molecule has 32 heavy (non-hydrogen) atoms. The molecule has 0 spiro atoms. The maximum atomic E-state index is 13.6. The summed E-state index contributed by atoms with van der Waals surface area (Å²) in [5, 5.41) is 9.75. The van der Waals surface area contributed by atoms with Gasteiger partial charge >= 0.3 is 0 Å². The molecule has 0 fully saturated rings. The number of carbonyl (C=O) groups is 1. The Labute approximate surface area is 196 Å². The molecule has 0 saturated carbocycles. The molecule has 2 heterocycles. The Morgan fingerprint density at radius 2 is 1.47 bits per heavy atom. The van der Waals surface area contributed by atoms with Crippen LogP contribution in [-0.2, 0) is 4.94 Å². The second kappa shape index (κ2) is 7.52. The summed E-state index contributed by atoms with van der Waals surface area (Å²) in [6, 6.07) is 14.5. The smallest absolute Gasteiger partial charge is 0.267 e. The SMILES string of the molecule is Cc1cc(C)c(C)c(C2=NON3N(C(=O)c4cc(Cl)cc(Cl)c4)c4ccccc4N23)c1C. The van der Waals surface area contributed by atoms with Crippen molar-refractivity contribution in [2.45, 2.75) is 27.7 Å². The summed E-state index contributed by atoms with van der Waals surface area (Å²) in [7, 11) is 0. The number of hydrogen-bond acceptors (Lipinski definition) is 5. The van der Waals surface area contributed by atoms with Gasteiger partial charge in [-0.3, -0.25) is 9.73 Å². The molecule has 0 N–H and O–H groups in total. The van der Waals surface area contributed by atoms with Crippen LogP contribution in [0.2, 0.25) is 10.0 Å². The molecule has 0 saturated heterocycles. The molecule has 0 aliphatic carbocycles. The zero-order chi connectivity index (χ0) is 22.7. The molecule has 162 valence electrons. The predicted octanol–water partition coefficient (Wildman–Crippen LogP) is 6.13. The number of oxime groups is 1. The number of para-hydroxylation sites is 2. The average Bonchev–Trinajstić information content (AvgIpc) is 3.30. The highest BCUT2D eigenvalue weighted by molar-refractivity contribution is 6.35. The minimum absolute atomic E-state index is 0.338. The van der Waals surface area contributed by atoms with Crippen LogP contribution in [0.1, 0.15) is 38.2 Å². The van der Waals surface area contributed by atoms with Crippen LogP contribution in [0.5, 0.6) is 0 Å². The third-order valence-electron chi connectivity index (χ3n) is 5.97. The maximum Gasteiger partial charge on any atom is 0.277 e. The van der Waals surface area contributed by atoms with E-state index < -0.39 is 0 Å². The predicted molar refractivity (Wildman–Crippen MR) is 127 cm³/mol. The van der Waals surface area contributed by atoms with Crippen LogP contribution in [0.4, 0.5) is 11.4 Å². The Morgan fingerprint density at radius 1 is 0.875 bits per heavy atom. The van der Waals surface area contributed by atoms with Gasteiger partial charge in [0.2, 0.25) is 5.84 Å². The van der Waals surface area contributed by atoms with Gasteiger partial charge in [-0.15, -0.1) is 0 Å². The summed E-state index contributed by atoms with van der Waals surface area (Å²) in [4.78, 5) is 19.3. The number of anilines is 2. The Kier molecular flexibility index (Phi) is 4.89. The number of amidine groups is 1. The van der Waals surface area contributed by atoms with Crippen molar-refractivity contribution in [3.8, 4) is 0 Å². The number of hydrogen-bond donors (Lipinski definition) is 0. The third kappa shape index (κ3) is 3.06. The highest BCUT2D eigenvalue weighted by atomic mass is 35.5. The quantitative estimate of drug-likeness (QED) is 0.455. The molecule has 2 aliphatic heterocycles. The van der Waals surface area contributed by atoms with Gasteiger partial charge in [0.05, 0.1) is 16.7 Å². The molecule has 3 aromatic rings. The fraction of sp³-hybridized carbons (Fsp3) is 0.167. The van der Waals surface area contributed by atoms with Crippen LogP contribution in [-0.4, -0.2) is 17.0 Å². The van der Waals surface area contributed by atoms with Crippen molar-refractivity contribution in [3.05, 3.63) is 92.0 Å². The van der Waals surface area contributed by atoms with Crippen molar-refractivity contribution in [3.63, 3.8) is 0 Å². The normalized spacial score (nSPS) is 14.9. The van der Waals surface area contributed by atoms with Crippen LogP contribution in [0, 0.1) is 27.7 Å². The van der Waals surface area contributed by atoms with Crippen LogP contribution in [0.3, 0.4) is 0 Å². The summed E-state index contributed by atoms with van der Waals surface area (Å²) in [6.45, 7) is 8.30. The fourth-order valence-corrected chi connectivity index (χ4v) is 4.69. The van der Waals surface area contributed by atoms with Crippen molar-refractivity contribution >= 4 is 46.3 Å². The van der Waals surface area contributed by atoms with E-state index in [4.69, 9.17) is 28.1 Å². The zero-order valence-corrected chi connectivity index (χ0v) is 19.5. The van der Waals surface area contributed by atoms with Gasteiger partial charge in [0.25, 0.3) is 5.91 Å². The molecular weight excluding hydrogens is 447 g/mol. The summed E-state index contributed by atoms with van der Waals surface area (Å²) < 4.78 is 0. The average molecular weight is 467 g/mol. The highest BCUT2D eigenvalue weighted by Gasteiger charge is 2.47. The van der Waals surface area contributed by atoms with Gasteiger partial charge in [-0.05, 0) is 85.4 Å². The second-order valence-electron chi connectivity index (χ2n) is 7.96. The number of aryl methyl sites for hydroxylation is 2. The molecule has 3 aromatic carbocycles. The lowest BCUT2D eigenvalue weighted by Gasteiger charge is -2.25. The summed E-state index contributed by atoms with van der Waals surface area (Å²) >= 11 is 12.3. The molecule has 0 atom stereocenters. The van der Waals surface area contributed by atoms with Gasteiger partial charge in [-0.2, -0.15) is 10.0 Å². The molecule has 5 rings (SSSR count). The molecular formula is C24H20Cl2N4O2. The minimum atomic E-state index is -0.338. The van der Waals surface area contributed by atoms with Crippen molar-refractivity contribution in [2.24, 2.45) is 5.16 Å². The largest absolute Gasteiger partial charge is 0.277 e.